The van der Waals surface area contributed by atoms with Gasteiger partial charge in [-0.3, -0.25) is 9.59 Å². The highest BCUT2D eigenvalue weighted by Gasteiger charge is 2.24. The van der Waals surface area contributed by atoms with Crippen LogP contribution in [0, 0.1) is 0 Å². The molecule has 0 spiro atoms. The molecule has 1 unspecified atom stereocenters. The van der Waals surface area contributed by atoms with Crippen LogP contribution in [0.5, 0.6) is 0 Å². The number of carboxylic acids is 1. The van der Waals surface area contributed by atoms with E-state index in [0.717, 1.165) is 0 Å². The van der Waals surface area contributed by atoms with E-state index in [0.29, 0.717) is 11.1 Å². The Morgan fingerprint density at radius 2 is 1.84 bits per heavy atom. The average molecular weight is 267 g/mol. The molecular weight excluding hydrogens is 250 g/mol. The third-order valence-corrected chi connectivity index (χ3v) is 2.56. The summed E-state index contributed by atoms with van der Waals surface area (Å²) in [5.41, 5.74) is -0.426. The molecule has 6 heteroatoms. The van der Waals surface area contributed by atoms with E-state index in [4.69, 9.17) is 10.2 Å². The topological polar surface area (TPSA) is 107 Å². The van der Waals surface area contributed by atoms with Gasteiger partial charge in [0.25, 0.3) is 5.91 Å². The molecule has 0 heterocycles. The summed E-state index contributed by atoms with van der Waals surface area (Å²) in [6.07, 6.45) is -0.448. The van der Waals surface area contributed by atoms with E-state index in [1.807, 2.05) is 0 Å². The van der Waals surface area contributed by atoms with E-state index < -0.39 is 23.9 Å². The van der Waals surface area contributed by atoms with Crippen molar-refractivity contribution in [1.29, 1.82) is 0 Å². The van der Waals surface area contributed by atoms with Crippen LogP contribution in [0.3, 0.4) is 0 Å². The zero-order valence-electron chi connectivity index (χ0n) is 10.6. The van der Waals surface area contributed by atoms with E-state index >= 15 is 0 Å². The van der Waals surface area contributed by atoms with Gasteiger partial charge in [0.1, 0.15) is 0 Å². The fourth-order valence-electron chi connectivity index (χ4n) is 1.52. The Balaban J connectivity index is 2.57. The number of amides is 1. The van der Waals surface area contributed by atoms with Gasteiger partial charge < -0.3 is 20.6 Å². The van der Waals surface area contributed by atoms with Gasteiger partial charge in [0.2, 0.25) is 0 Å². The maximum Gasteiger partial charge on any atom is 0.306 e. The second-order valence-electron chi connectivity index (χ2n) is 4.61. The van der Waals surface area contributed by atoms with Gasteiger partial charge in [-0.1, -0.05) is 12.1 Å². The van der Waals surface area contributed by atoms with Crippen molar-refractivity contribution >= 4 is 11.9 Å². The Bertz CT molecular complexity index is 453. The predicted molar refractivity (Wildman–Crippen MR) is 67.6 cm³/mol. The van der Waals surface area contributed by atoms with Crippen molar-refractivity contribution in [1.82, 2.24) is 5.32 Å². The Morgan fingerprint density at radius 3 is 2.32 bits per heavy atom. The van der Waals surface area contributed by atoms with Gasteiger partial charge in [-0.05, 0) is 24.6 Å². The van der Waals surface area contributed by atoms with Gasteiger partial charge in [-0.25, -0.2) is 0 Å². The monoisotopic (exact) mass is 267 g/mol. The standard InChI is InChI=1S/C13H17NO5/c1-13(19,6-11(16)17)8-14-12(18)10-4-2-9(7-15)3-5-10/h2-5,15,19H,6-8H2,1H3,(H,14,18)(H,16,17). The maximum absolute atomic E-state index is 11.7. The molecule has 0 aliphatic rings. The molecule has 0 aliphatic heterocycles. The maximum atomic E-state index is 11.7. The zero-order chi connectivity index (χ0) is 14.5. The minimum Gasteiger partial charge on any atom is -0.481 e. The first-order valence-electron chi connectivity index (χ1n) is 5.76. The average Bonchev–Trinajstić information content (AvgIpc) is 2.34. The van der Waals surface area contributed by atoms with Crippen LogP contribution >= 0.6 is 0 Å². The highest BCUT2D eigenvalue weighted by atomic mass is 16.4. The summed E-state index contributed by atoms with van der Waals surface area (Å²) in [6.45, 7) is 1.09. The van der Waals surface area contributed by atoms with Crippen molar-refractivity contribution in [2.24, 2.45) is 0 Å². The highest BCUT2D eigenvalue weighted by molar-refractivity contribution is 5.94. The van der Waals surface area contributed by atoms with Crippen LogP contribution in [0.15, 0.2) is 24.3 Å². The van der Waals surface area contributed by atoms with Gasteiger partial charge >= 0.3 is 5.97 Å². The van der Waals surface area contributed by atoms with Crippen LogP contribution in [0.1, 0.15) is 29.3 Å². The van der Waals surface area contributed by atoms with Crippen LogP contribution in [0.4, 0.5) is 0 Å². The molecule has 0 fully saturated rings. The molecule has 1 atom stereocenters. The number of carboxylic acid groups (broad SMARTS) is 1. The Morgan fingerprint density at radius 1 is 1.26 bits per heavy atom. The lowest BCUT2D eigenvalue weighted by molar-refractivity contribution is -0.141. The molecule has 4 N–H and O–H groups in total. The van der Waals surface area contributed by atoms with Gasteiger partial charge in [-0.15, -0.1) is 0 Å². The van der Waals surface area contributed by atoms with E-state index in [-0.39, 0.29) is 13.2 Å². The molecule has 0 saturated carbocycles. The SMILES string of the molecule is CC(O)(CNC(=O)c1ccc(CO)cc1)CC(=O)O. The normalized spacial score (nSPS) is 13.6. The second-order valence-corrected chi connectivity index (χ2v) is 4.61. The van der Waals surface area contributed by atoms with Crippen molar-refractivity contribution in [3.05, 3.63) is 35.4 Å². The number of aliphatic hydroxyl groups excluding tert-OH is 1. The molecular formula is C13H17NO5. The number of aliphatic carboxylic acids is 1. The van der Waals surface area contributed by atoms with Crippen molar-refractivity contribution in [3.63, 3.8) is 0 Å². The third kappa shape index (κ3) is 5.07. The van der Waals surface area contributed by atoms with E-state index in [1.165, 1.54) is 6.92 Å². The predicted octanol–water partition coefficient (Wildman–Crippen LogP) is 0.134. The van der Waals surface area contributed by atoms with Crippen molar-refractivity contribution < 1.29 is 24.9 Å². The summed E-state index contributed by atoms with van der Waals surface area (Å²) in [6, 6.07) is 6.33. The molecule has 1 aromatic carbocycles. The van der Waals surface area contributed by atoms with Crippen LogP contribution in [-0.2, 0) is 11.4 Å². The number of nitrogens with one attached hydrogen (secondary N) is 1. The molecule has 0 radical (unpaired) electrons. The molecule has 104 valence electrons. The third-order valence-electron chi connectivity index (χ3n) is 2.56. The summed E-state index contributed by atoms with van der Waals surface area (Å²) in [7, 11) is 0. The molecule has 1 amide bonds. The number of aliphatic hydroxyl groups is 2. The minimum atomic E-state index is -1.49. The van der Waals surface area contributed by atoms with Gasteiger partial charge in [0, 0.05) is 12.1 Å². The van der Waals surface area contributed by atoms with E-state index in [9.17, 15) is 14.7 Å². The molecule has 0 bridgehead atoms. The Labute approximate surface area is 110 Å². The number of rotatable bonds is 6. The molecule has 0 aliphatic carbocycles. The summed E-state index contributed by atoms with van der Waals surface area (Å²) in [5, 5.41) is 29.7. The Kier molecular flexibility index (Phi) is 5.02. The van der Waals surface area contributed by atoms with Crippen LogP contribution < -0.4 is 5.32 Å². The number of hydrogen-bond acceptors (Lipinski definition) is 4. The lowest BCUT2D eigenvalue weighted by atomic mass is 10.0. The first-order chi connectivity index (χ1) is 8.84. The fourth-order valence-corrected chi connectivity index (χ4v) is 1.52. The van der Waals surface area contributed by atoms with Crippen molar-refractivity contribution in [2.45, 2.75) is 25.6 Å². The molecule has 1 aromatic rings. The zero-order valence-corrected chi connectivity index (χ0v) is 10.6. The number of hydrogen-bond donors (Lipinski definition) is 4. The van der Waals surface area contributed by atoms with Crippen LogP contribution in [-0.4, -0.2) is 39.3 Å². The Hall–Kier alpha value is -1.92. The number of benzene rings is 1. The summed E-state index contributed by atoms with van der Waals surface area (Å²) < 4.78 is 0. The molecule has 19 heavy (non-hydrogen) atoms. The second kappa shape index (κ2) is 6.31. The number of carbonyl (C=O) groups is 2. The van der Waals surface area contributed by atoms with Gasteiger partial charge in [0.15, 0.2) is 0 Å². The molecule has 6 nitrogen and oxygen atoms in total. The first-order valence-corrected chi connectivity index (χ1v) is 5.76. The summed E-state index contributed by atoms with van der Waals surface area (Å²) in [5.74, 6) is -1.54. The lowest BCUT2D eigenvalue weighted by Crippen LogP contribution is -2.42. The molecule has 0 aromatic heterocycles. The fraction of sp³-hybridized carbons (Fsp3) is 0.385. The summed E-state index contributed by atoms with van der Waals surface area (Å²) >= 11 is 0. The minimum absolute atomic E-state index is 0.102. The smallest absolute Gasteiger partial charge is 0.306 e. The van der Waals surface area contributed by atoms with Crippen LogP contribution in [0.25, 0.3) is 0 Å². The number of carbonyl (C=O) groups excluding carboxylic acids is 1. The van der Waals surface area contributed by atoms with Gasteiger partial charge in [0.05, 0.1) is 18.6 Å². The van der Waals surface area contributed by atoms with E-state index in [2.05, 4.69) is 5.32 Å². The highest BCUT2D eigenvalue weighted by Crippen LogP contribution is 2.09. The van der Waals surface area contributed by atoms with Crippen molar-refractivity contribution in [2.75, 3.05) is 6.54 Å². The van der Waals surface area contributed by atoms with Gasteiger partial charge in [-0.2, -0.15) is 0 Å². The van der Waals surface area contributed by atoms with Crippen molar-refractivity contribution in [3.8, 4) is 0 Å². The van der Waals surface area contributed by atoms with Crippen LogP contribution in [0.2, 0.25) is 0 Å². The summed E-state index contributed by atoms with van der Waals surface area (Å²) in [4.78, 5) is 22.2. The quantitative estimate of drug-likeness (QED) is 0.586. The lowest BCUT2D eigenvalue weighted by Gasteiger charge is -2.21. The molecule has 0 saturated heterocycles. The largest absolute Gasteiger partial charge is 0.481 e. The van der Waals surface area contributed by atoms with E-state index in [1.54, 1.807) is 24.3 Å². The first kappa shape index (κ1) is 15.1. The molecule has 1 rings (SSSR count).